The Labute approximate surface area is 186 Å². The first-order valence-electron chi connectivity index (χ1n) is 9.69. The van der Waals surface area contributed by atoms with E-state index in [1.165, 1.54) is 6.20 Å². The highest BCUT2D eigenvalue weighted by Gasteiger charge is 2.34. The number of benzene rings is 1. The summed E-state index contributed by atoms with van der Waals surface area (Å²) >= 11 is 0. The molecule has 0 bridgehead atoms. The Morgan fingerprint density at radius 1 is 1.26 bits per heavy atom. The number of ether oxygens (including phenoxy) is 1. The number of nitrogens with zero attached hydrogens (tertiary/aromatic N) is 4. The Balaban J connectivity index is 0.00000272. The molecule has 0 unspecified atom stereocenters. The molecular weight excluding hydrogens is 416 g/mol. The zero-order chi connectivity index (χ0) is 21.1. The fourth-order valence-electron chi connectivity index (χ4n) is 3.85. The monoisotopic (exact) mass is 438 g/mol. The minimum absolute atomic E-state index is 0. The van der Waals surface area contributed by atoms with Gasteiger partial charge in [0, 0.05) is 6.20 Å². The first kappa shape index (κ1) is 22.3. The van der Waals surface area contributed by atoms with Crippen molar-refractivity contribution in [2.24, 2.45) is 5.73 Å². The lowest BCUT2D eigenvalue weighted by molar-refractivity contribution is 0.1000. The van der Waals surface area contributed by atoms with Gasteiger partial charge in [0.25, 0.3) is 0 Å². The van der Waals surface area contributed by atoms with Crippen LogP contribution in [-0.2, 0) is 5.41 Å². The van der Waals surface area contributed by atoms with Gasteiger partial charge >= 0.3 is 0 Å². The third kappa shape index (κ3) is 4.10. The van der Waals surface area contributed by atoms with Crippen molar-refractivity contribution >= 4 is 18.3 Å². The summed E-state index contributed by atoms with van der Waals surface area (Å²) in [7, 11) is 1.60. The van der Waals surface area contributed by atoms with Crippen LogP contribution in [0.5, 0.6) is 5.75 Å². The molecule has 9 heteroatoms. The molecule has 0 radical (unpaired) electrons. The van der Waals surface area contributed by atoms with Crippen molar-refractivity contribution in [3.63, 3.8) is 0 Å². The number of hydrogen-bond acceptors (Lipinski definition) is 6. The SMILES string of the molecule is COc1cc(C2(C#N)CCNCC2)ccc1-n1nccc1-c1ccc(C(N)=O)cn1.Cl. The number of aromatic nitrogens is 3. The Bertz CT molecular complexity index is 1110. The van der Waals surface area contributed by atoms with Crippen molar-refractivity contribution in [2.75, 3.05) is 20.2 Å². The number of nitrogens with one attached hydrogen (secondary N) is 1. The molecule has 1 amide bonds. The van der Waals surface area contributed by atoms with E-state index < -0.39 is 11.3 Å². The Morgan fingerprint density at radius 3 is 2.65 bits per heavy atom. The molecule has 3 aromatic rings. The average molecular weight is 439 g/mol. The van der Waals surface area contributed by atoms with Crippen LogP contribution in [0.3, 0.4) is 0 Å². The molecule has 160 valence electrons. The fraction of sp³-hybridized carbons (Fsp3) is 0.273. The lowest BCUT2D eigenvalue weighted by Gasteiger charge is -2.32. The molecular formula is C22H23ClN6O2. The Morgan fingerprint density at radius 2 is 2.03 bits per heavy atom. The number of primary amides is 1. The number of hydrogen-bond donors (Lipinski definition) is 2. The summed E-state index contributed by atoms with van der Waals surface area (Å²) in [5.41, 5.74) is 8.21. The van der Waals surface area contributed by atoms with Crippen LogP contribution in [0.4, 0.5) is 0 Å². The molecule has 0 saturated carbocycles. The van der Waals surface area contributed by atoms with E-state index in [0.717, 1.165) is 42.9 Å². The molecule has 31 heavy (non-hydrogen) atoms. The van der Waals surface area contributed by atoms with Crippen molar-refractivity contribution in [1.82, 2.24) is 20.1 Å². The summed E-state index contributed by atoms with van der Waals surface area (Å²) in [5, 5.41) is 17.6. The Kier molecular flexibility index (Phi) is 6.59. The van der Waals surface area contributed by atoms with Gasteiger partial charge in [-0.1, -0.05) is 6.07 Å². The fourth-order valence-corrected chi connectivity index (χ4v) is 3.85. The smallest absolute Gasteiger partial charge is 0.250 e. The van der Waals surface area contributed by atoms with Crippen LogP contribution in [0.2, 0.25) is 0 Å². The van der Waals surface area contributed by atoms with Gasteiger partial charge in [0.1, 0.15) is 11.4 Å². The predicted molar refractivity (Wildman–Crippen MR) is 119 cm³/mol. The number of methoxy groups -OCH3 is 1. The average Bonchev–Trinajstić information content (AvgIpc) is 3.28. The van der Waals surface area contributed by atoms with E-state index in [-0.39, 0.29) is 12.4 Å². The number of nitriles is 1. The first-order valence-corrected chi connectivity index (χ1v) is 9.69. The van der Waals surface area contributed by atoms with Gasteiger partial charge in [-0.15, -0.1) is 12.4 Å². The van der Waals surface area contributed by atoms with E-state index in [9.17, 15) is 10.1 Å². The van der Waals surface area contributed by atoms with Crippen molar-refractivity contribution in [3.8, 4) is 28.9 Å². The number of pyridine rings is 1. The summed E-state index contributed by atoms with van der Waals surface area (Å²) in [6.07, 6.45) is 4.64. The minimum Gasteiger partial charge on any atom is -0.494 e. The van der Waals surface area contributed by atoms with Gasteiger partial charge < -0.3 is 15.8 Å². The maximum absolute atomic E-state index is 11.3. The third-order valence-electron chi connectivity index (χ3n) is 5.58. The minimum atomic E-state index is -0.524. The highest BCUT2D eigenvalue weighted by atomic mass is 35.5. The molecule has 0 aliphatic carbocycles. The van der Waals surface area contributed by atoms with E-state index in [1.54, 1.807) is 30.1 Å². The molecule has 1 fully saturated rings. The number of rotatable bonds is 5. The molecule has 2 aromatic heterocycles. The van der Waals surface area contributed by atoms with E-state index in [2.05, 4.69) is 21.5 Å². The van der Waals surface area contributed by atoms with Crippen molar-refractivity contribution in [2.45, 2.75) is 18.3 Å². The zero-order valence-corrected chi connectivity index (χ0v) is 17.9. The van der Waals surface area contributed by atoms with Crippen LogP contribution in [0.25, 0.3) is 17.1 Å². The highest BCUT2D eigenvalue weighted by Crippen LogP contribution is 2.37. The highest BCUT2D eigenvalue weighted by molar-refractivity contribution is 5.92. The van der Waals surface area contributed by atoms with Crippen LogP contribution in [0.15, 0.2) is 48.8 Å². The normalized spacial score (nSPS) is 14.8. The van der Waals surface area contributed by atoms with Crippen molar-refractivity contribution in [3.05, 3.63) is 59.9 Å². The second-order valence-corrected chi connectivity index (χ2v) is 7.26. The molecule has 1 aliphatic rings. The molecule has 0 spiro atoms. The van der Waals surface area contributed by atoms with Gasteiger partial charge in [0.05, 0.1) is 41.7 Å². The van der Waals surface area contributed by atoms with Crippen molar-refractivity contribution < 1.29 is 9.53 Å². The molecule has 3 heterocycles. The molecule has 1 aliphatic heterocycles. The lowest BCUT2D eigenvalue weighted by atomic mass is 9.74. The number of amides is 1. The van der Waals surface area contributed by atoms with Crippen LogP contribution in [-0.4, -0.2) is 40.9 Å². The Hall–Kier alpha value is -3.41. The van der Waals surface area contributed by atoms with Crippen LogP contribution in [0, 0.1) is 11.3 Å². The molecule has 0 atom stereocenters. The molecule has 1 aromatic carbocycles. The van der Waals surface area contributed by atoms with E-state index >= 15 is 0 Å². The van der Waals surface area contributed by atoms with Gasteiger partial charge in [-0.05, 0) is 61.8 Å². The third-order valence-corrected chi connectivity index (χ3v) is 5.58. The second-order valence-electron chi connectivity index (χ2n) is 7.26. The van der Waals surface area contributed by atoms with E-state index in [1.807, 2.05) is 24.3 Å². The molecule has 1 saturated heterocycles. The van der Waals surface area contributed by atoms with Gasteiger partial charge in [0.2, 0.25) is 5.91 Å². The van der Waals surface area contributed by atoms with Gasteiger partial charge in [-0.3, -0.25) is 9.78 Å². The van der Waals surface area contributed by atoms with Crippen LogP contribution >= 0.6 is 12.4 Å². The standard InChI is InChI=1S/C22H22N6O2.ClH/c1-30-20-12-16(22(14-23)7-10-25-11-8-22)3-5-19(20)28-18(6-9-27-28)17-4-2-15(13-26-17)21(24)29;/h2-6,9,12-13,25H,7-8,10-11H2,1H3,(H2,24,29);1H. The number of halogens is 1. The summed E-state index contributed by atoms with van der Waals surface area (Å²) in [4.78, 5) is 15.7. The second kappa shape index (κ2) is 9.16. The van der Waals surface area contributed by atoms with E-state index in [4.69, 9.17) is 10.5 Å². The van der Waals surface area contributed by atoms with E-state index in [0.29, 0.717) is 17.0 Å². The zero-order valence-electron chi connectivity index (χ0n) is 17.0. The predicted octanol–water partition coefficient (Wildman–Crippen LogP) is 2.61. The largest absolute Gasteiger partial charge is 0.494 e. The summed E-state index contributed by atoms with van der Waals surface area (Å²) < 4.78 is 7.40. The quantitative estimate of drug-likeness (QED) is 0.632. The van der Waals surface area contributed by atoms with Gasteiger partial charge in [-0.25, -0.2) is 4.68 Å². The molecule has 8 nitrogen and oxygen atoms in total. The molecule has 3 N–H and O–H groups in total. The van der Waals surface area contributed by atoms with Crippen LogP contribution < -0.4 is 15.8 Å². The number of nitrogens with two attached hydrogens (primary N) is 1. The van der Waals surface area contributed by atoms with Crippen LogP contribution in [0.1, 0.15) is 28.8 Å². The topological polar surface area (TPSA) is 119 Å². The summed E-state index contributed by atoms with van der Waals surface area (Å²) in [5.74, 6) is 0.100. The maximum atomic E-state index is 11.3. The summed E-state index contributed by atoms with van der Waals surface area (Å²) in [6.45, 7) is 1.63. The first-order chi connectivity index (χ1) is 14.6. The number of piperidine rings is 1. The number of carbonyl (C=O) groups excluding carboxylic acids is 1. The summed E-state index contributed by atoms with van der Waals surface area (Å²) in [6, 6.07) is 13.6. The number of carbonyl (C=O) groups is 1. The van der Waals surface area contributed by atoms with Gasteiger partial charge in [0.15, 0.2) is 0 Å². The van der Waals surface area contributed by atoms with Crippen molar-refractivity contribution in [1.29, 1.82) is 5.26 Å². The van der Waals surface area contributed by atoms with Gasteiger partial charge in [-0.2, -0.15) is 10.4 Å². The molecule has 4 rings (SSSR count). The maximum Gasteiger partial charge on any atom is 0.250 e. The lowest BCUT2D eigenvalue weighted by Crippen LogP contribution is -2.38.